The molecule has 1 aromatic heterocycles. The van der Waals surface area contributed by atoms with E-state index in [1.54, 1.807) is 0 Å². The summed E-state index contributed by atoms with van der Waals surface area (Å²) in [6, 6.07) is 3.83. The van der Waals surface area contributed by atoms with E-state index in [1.165, 1.54) is 18.2 Å². The number of halogens is 3. The van der Waals surface area contributed by atoms with E-state index >= 15 is 0 Å². The number of amides is 1. The number of thiazole rings is 1. The third-order valence-corrected chi connectivity index (χ3v) is 6.15. The molecule has 0 radical (unpaired) electrons. The molecular formula is C15H17F3N4O3S2. The molecule has 1 fully saturated rings. The van der Waals surface area contributed by atoms with Crippen LogP contribution < -0.4 is 11.1 Å². The van der Waals surface area contributed by atoms with Gasteiger partial charge in [-0.25, -0.2) is 13.4 Å². The molecule has 148 valence electrons. The Labute approximate surface area is 157 Å². The van der Waals surface area contributed by atoms with Gasteiger partial charge in [-0.15, -0.1) is 0 Å². The summed E-state index contributed by atoms with van der Waals surface area (Å²) < 4.78 is 65.5. The molecule has 1 amide bonds. The second kappa shape index (κ2) is 6.60. The zero-order chi connectivity index (χ0) is 20.0. The highest BCUT2D eigenvalue weighted by atomic mass is 32.2. The van der Waals surface area contributed by atoms with Crippen LogP contribution in [0.2, 0.25) is 0 Å². The van der Waals surface area contributed by atoms with Crippen LogP contribution in [0.15, 0.2) is 18.2 Å². The predicted octanol–water partition coefficient (Wildman–Crippen LogP) is 1.11. The van der Waals surface area contributed by atoms with Crippen molar-refractivity contribution in [1.82, 2.24) is 15.2 Å². The molecule has 1 unspecified atom stereocenters. The predicted molar refractivity (Wildman–Crippen MR) is 96.1 cm³/mol. The van der Waals surface area contributed by atoms with Crippen LogP contribution in [0, 0.1) is 0 Å². The third kappa shape index (κ3) is 3.60. The molecule has 0 spiro atoms. The van der Waals surface area contributed by atoms with E-state index in [1.807, 2.05) is 0 Å². The van der Waals surface area contributed by atoms with Gasteiger partial charge in [-0.2, -0.15) is 13.2 Å². The highest BCUT2D eigenvalue weighted by molar-refractivity contribution is 7.90. The van der Waals surface area contributed by atoms with E-state index in [0.717, 1.165) is 22.5 Å². The van der Waals surface area contributed by atoms with Gasteiger partial charge in [-0.05, 0) is 17.7 Å². The Kier molecular flexibility index (Phi) is 4.85. The molecule has 1 aliphatic heterocycles. The van der Waals surface area contributed by atoms with E-state index in [9.17, 15) is 26.4 Å². The number of carbonyl (C=O) groups excluding carboxylic acids is 1. The van der Waals surface area contributed by atoms with Crippen molar-refractivity contribution in [3.05, 3.63) is 23.8 Å². The summed E-state index contributed by atoms with van der Waals surface area (Å²) >= 11 is 1.02. The monoisotopic (exact) mass is 422 g/mol. The number of alkyl halides is 3. The molecule has 27 heavy (non-hydrogen) atoms. The minimum absolute atomic E-state index is 0.0120. The van der Waals surface area contributed by atoms with Gasteiger partial charge in [-0.1, -0.05) is 17.4 Å². The van der Waals surface area contributed by atoms with E-state index in [0.29, 0.717) is 10.2 Å². The van der Waals surface area contributed by atoms with Crippen LogP contribution in [0.25, 0.3) is 10.2 Å². The minimum atomic E-state index is -4.93. The molecular weight excluding hydrogens is 405 g/mol. The molecule has 1 saturated heterocycles. The Bertz CT molecular complexity index is 990. The first kappa shape index (κ1) is 19.8. The topological polar surface area (TPSA) is 105 Å². The van der Waals surface area contributed by atoms with E-state index < -0.39 is 33.2 Å². The van der Waals surface area contributed by atoms with Crippen LogP contribution in [0.5, 0.6) is 0 Å². The van der Waals surface area contributed by atoms with Gasteiger partial charge < -0.3 is 10.6 Å². The maximum absolute atomic E-state index is 14.1. The van der Waals surface area contributed by atoms with E-state index in [-0.39, 0.29) is 30.3 Å². The van der Waals surface area contributed by atoms with Crippen molar-refractivity contribution in [1.29, 1.82) is 0 Å². The standard InChI is InChI=1S/C15H17F3N4O3S2/c1-27(24,25)7-6-22-5-4-20-14(12(22)23,15(16,17)18)9-2-3-10-11(8-9)26-13(19)21-10/h2-3,8,20H,4-7H2,1H3,(H2,19,21). The van der Waals surface area contributed by atoms with Gasteiger partial charge in [0.15, 0.2) is 5.13 Å². The average molecular weight is 422 g/mol. The van der Waals surface area contributed by atoms with Crippen LogP contribution in [-0.4, -0.2) is 62.0 Å². The van der Waals surface area contributed by atoms with Gasteiger partial charge in [0.25, 0.3) is 5.91 Å². The number of rotatable bonds is 4. The van der Waals surface area contributed by atoms with Crippen LogP contribution in [0.4, 0.5) is 18.3 Å². The number of aromatic nitrogens is 1. The van der Waals surface area contributed by atoms with Crippen molar-refractivity contribution < 1.29 is 26.4 Å². The van der Waals surface area contributed by atoms with Crippen molar-refractivity contribution in [2.45, 2.75) is 11.7 Å². The van der Waals surface area contributed by atoms with Gasteiger partial charge in [0.1, 0.15) is 9.84 Å². The molecule has 2 heterocycles. The molecule has 12 heteroatoms. The maximum Gasteiger partial charge on any atom is 0.419 e. The average Bonchev–Trinajstić information content (AvgIpc) is 2.91. The lowest BCUT2D eigenvalue weighted by molar-refractivity contribution is -0.213. The van der Waals surface area contributed by atoms with Crippen LogP contribution >= 0.6 is 11.3 Å². The zero-order valence-electron chi connectivity index (χ0n) is 14.2. The smallest absolute Gasteiger partial charge is 0.375 e. The SMILES string of the molecule is CS(=O)(=O)CCN1CCNC(c2ccc3nc(N)sc3c2)(C(F)(F)F)C1=O. The first-order valence-corrected chi connectivity index (χ1v) is 10.8. The number of nitrogens with one attached hydrogen (secondary N) is 1. The Morgan fingerprint density at radius 2 is 2.11 bits per heavy atom. The lowest BCUT2D eigenvalue weighted by atomic mass is 9.85. The Morgan fingerprint density at radius 1 is 1.41 bits per heavy atom. The summed E-state index contributed by atoms with van der Waals surface area (Å²) in [5.74, 6) is -1.63. The van der Waals surface area contributed by atoms with Gasteiger partial charge in [0.2, 0.25) is 5.54 Å². The maximum atomic E-state index is 14.1. The first-order valence-electron chi connectivity index (χ1n) is 7.89. The first-order chi connectivity index (χ1) is 12.4. The Morgan fingerprint density at radius 3 is 2.74 bits per heavy atom. The molecule has 0 aliphatic carbocycles. The largest absolute Gasteiger partial charge is 0.419 e. The molecule has 2 aromatic rings. The summed E-state index contributed by atoms with van der Waals surface area (Å²) in [5.41, 5.74) is 2.82. The number of fused-ring (bicyclic) bond motifs is 1. The number of nitrogens with zero attached hydrogens (tertiary/aromatic N) is 2. The lowest BCUT2D eigenvalue weighted by Crippen LogP contribution is -2.69. The molecule has 0 saturated carbocycles. The second-order valence-corrected chi connectivity index (χ2v) is 9.65. The lowest BCUT2D eigenvalue weighted by Gasteiger charge is -2.43. The number of hydrogen-bond acceptors (Lipinski definition) is 7. The van der Waals surface area contributed by atoms with E-state index in [2.05, 4.69) is 10.3 Å². The molecule has 0 bridgehead atoms. The summed E-state index contributed by atoms with van der Waals surface area (Å²) in [5, 5.41) is 2.53. The Hall–Kier alpha value is -1.92. The molecule has 3 rings (SSSR count). The second-order valence-electron chi connectivity index (χ2n) is 6.33. The van der Waals surface area contributed by atoms with Crippen molar-refractivity contribution in [2.24, 2.45) is 0 Å². The summed E-state index contributed by atoms with van der Waals surface area (Å²) in [6.07, 6.45) is -3.96. The van der Waals surface area contributed by atoms with Crippen LogP contribution in [0.1, 0.15) is 5.56 Å². The Balaban J connectivity index is 2.07. The summed E-state index contributed by atoms with van der Waals surface area (Å²) in [4.78, 5) is 17.8. The van der Waals surface area contributed by atoms with Crippen molar-refractivity contribution in [3.63, 3.8) is 0 Å². The quantitative estimate of drug-likeness (QED) is 0.765. The number of anilines is 1. The number of sulfone groups is 1. The van der Waals surface area contributed by atoms with Crippen molar-refractivity contribution in [2.75, 3.05) is 37.4 Å². The van der Waals surface area contributed by atoms with Crippen molar-refractivity contribution >= 4 is 42.4 Å². The van der Waals surface area contributed by atoms with Gasteiger partial charge in [-0.3, -0.25) is 10.1 Å². The third-order valence-electron chi connectivity index (χ3n) is 4.38. The summed E-state index contributed by atoms with van der Waals surface area (Å²) in [7, 11) is -3.43. The number of nitrogen functional groups attached to an aromatic ring is 1. The molecule has 1 atom stereocenters. The molecule has 1 aliphatic rings. The highest BCUT2D eigenvalue weighted by Gasteiger charge is 2.63. The molecule has 3 N–H and O–H groups in total. The van der Waals surface area contributed by atoms with E-state index in [4.69, 9.17) is 5.73 Å². The zero-order valence-corrected chi connectivity index (χ0v) is 15.8. The fraction of sp³-hybridized carbons (Fsp3) is 0.467. The van der Waals surface area contributed by atoms with Crippen molar-refractivity contribution in [3.8, 4) is 0 Å². The number of carbonyl (C=O) groups is 1. The fourth-order valence-electron chi connectivity index (χ4n) is 3.07. The minimum Gasteiger partial charge on any atom is -0.375 e. The van der Waals surface area contributed by atoms with Gasteiger partial charge in [0, 0.05) is 25.9 Å². The fourth-order valence-corrected chi connectivity index (χ4v) is 4.39. The number of nitrogens with two attached hydrogens (primary N) is 1. The van der Waals surface area contributed by atoms with Gasteiger partial charge >= 0.3 is 6.18 Å². The van der Waals surface area contributed by atoms with Gasteiger partial charge in [0.05, 0.1) is 16.0 Å². The molecule has 7 nitrogen and oxygen atoms in total. The normalized spacial score (nSPS) is 21.8. The van der Waals surface area contributed by atoms with Crippen LogP contribution in [0.3, 0.4) is 0 Å². The van der Waals surface area contributed by atoms with Crippen LogP contribution in [-0.2, 0) is 20.2 Å². The highest BCUT2D eigenvalue weighted by Crippen LogP contribution is 2.43. The number of benzene rings is 1. The number of hydrogen-bond donors (Lipinski definition) is 2. The molecule has 1 aromatic carbocycles. The summed E-state index contributed by atoms with van der Waals surface area (Å²) in [6.45, 7) is -0.438. The number of piperazine rings is 1.